The fraction of sp³-hybridized carbons (Fsp3) is 0. The lowest BCUT2D eigenvalue weighted by atomic mass is 9.90. The van der Waals surface area contributed by atoms with Crippen LogP contribution in [0.4, 0.5) is 0 Å². The highest BCUT2D eigenvalue weighted by molar-refractivity contribution is 6.18. The number of benzene rings is 5. The first-order valence-electron chi connectivity index (χ1n) is 14.1. The van der Waals surface area contributed by atoms with Gasteiger partial charge in [0.25, 0.3) is 0 Å². The van der Waals surface area contributed by atoms with Gasteiger partial charge in [-0.3, -0.25) is 15.0 Å². The van der Waals surface area contributed by atoms with Crippen LogP contribution in [-0.4, -0.2) is 19.9 Å². The Bertz CT molecular complexity index is 2530. The van der Waals surface area contributed by atoms with Crippen LogP contribution < -0.4 is 0 Å². The molecule has 5 aromatic carbocycles. The van der Waals surface area contributed by atoms with Gasteiger partial charge >= 0.3 is 0 Å². The summed E-state index contributed by atoms with van der Waals surface area (Å²) < 4.78 is 0. The maximum absolute atomic E-state index is 5.48. The van der Waals surface area contributed by atoms with Crippen LogP contribution in [0.2, 0.25) is 0 Å². The zero-order valence-corrected chi connectivity index (χ0v) is 22.5. The van der Waals surface area contributed by atoms with Gasteiger partial charge in [0.1, 0.15) is 0 Å². The van der Waals surface area contributed by atoms with Gasteiger partial charge in [-0.05, 0) is 40.6 Å². The first kappa shape index (κ1) is 23.0. The predicted molar refractivity (Wildman–Crippen MR) is 174 cm³/mol. The lowest BCUT2D eigenvalue weighted by Crippen LogP contribution is -1.96. The van der Waals surface area contributed by atoms with Crippen molar-refractivity contribution in [1.82, 2.24) is 19.9 Å². The highest BCUT2D eigenvalue weighted by Gasteiger charge is 2.19. The number of hydrogen-bond donors (Lipinski definition) is 0. The maximum atomic E-state index is 5.48. The van der Waals surface area contributed by atoms with E-state index in [0.29, 0.717) is 0 Å². The van der Waals surface area contributed by atoms with Crippen molar-refractivity contribution in [3.05, 3.63) is 134 Å². The normalized spacial score (nSPS) is 11.8. The standard InChI is InChI=1S/C38H22N4/c1-3-11-27-25(8-1)21-40-32-15-5-13-29(34(27)32)31-20-24-18-17-23-10-7-19-39-36(23)37(24)42-38(31)30-14-6-16-33-35(30)28-12-4-2-9-26(28)22-41-33/h1-22H. The van der Waals surface area contributed by atoms with Gasteiger partial charge in [0, 0.05) is 62.0 Å². The second-order valence-electron chi connectivity index (χ2n) is 10.7. The average molecular weight is 535 g/mol. The molecule has 9 aromatic rings. The quantitative estimate of drug-likeness (QED) is 0.207. The van der Waals surface area contributed by atoms with E-state index in [1.165, 1.54) is 5.39 Å². The summed E-state index contributed by atoms with van der Waals surface area (Å²) in [5.74, 6) is 0. The number of hydrogen-bond acceptors (Lipinski definition) is 4. The molecule has 42 heavy (non-hydrogen) atoms. The molecule has 4 nitrogen and oxygen atoms in total. The largest absolute Gasteiger partial charge is 0.256 e. The second kappa shape index (κ2) is 8.88. The van der Waals surface area contributed by atoms with E-state index in [-0.39, 0.29) is 0 Å². The molecular formula is C38H22N4. The number of rotatable bonds is 2. The molecule has 4 aromatic heterocycles. The van der Waals surface area contributed by atoms with Crippen molar-refractivity contribution in [3.63, 3.8) is 0 Å². The minimum absolute atomic E-state index is 0.889. The van der Waals surface area contributed by atoms with Crippen molar-refractivity contribution in [3.8, 4) is 22.4 Å². The summed E-state index contributed by atoms with van der Waals surface area (Å²) in [6, 6.07) is 40.3. The van der Waals surface area contributed by atoms with Crippen LogP contribution in [0.1, 0.15) is 0 Å². The molecule has 0 saturated carbocycles. The molecule has 0 N–H and O–H groups in total. The molecule has 0 atom stereocenters. The number of aromatic nitrogens is 4. The Kier molecular flexibility index (Phi) is 4.87. The van der Waals surface area contributed by atoms with Crippen LogP contribution in [0.25, 0.3) is 87.5 Å². The molecular weight excluding hydrogens is 512 g/mol. The first-order valence-corrected chi connectivity index (χ1v) is 14.1. The Balaban J connectivity index is 1.49. The Morgan fingerprint density at radius 3 is 1.76 bits per heavy atom. The second-order valence-corrected chi connectivity index (χ2v) is 10.7. The van der Waals surface area contributed by atoms with E-state index >= 15 is 0 Å². The molecule has 0 spiro atoms. The van der Waals surface area contributed by atoms with Gasteiger partial charge in [0.05, 0.1) is 27.8 Å². The molecule has 9 rings (SSSR count). The van der Waals surface area contributed by atoms with Gasteiger partial charge in [-0.15, -0.1) is 0 Å². The van der Waals surface area contributed by atoms with E-state index in [4.69, 9.17) is 19.9 Å². The van der Waals surface area contributed by atoms with Gasteiger partial charge in [0.15, 0.2) is 0 Å². The molecule has 0 aliphatic heterocycles. The Labute approximate surface area is 241 Å². The van der Waals surface area contributed by atoms with Crippen LogP contribution >= 0.6 is 0 Å². The summed E-state index contributed by atoms with van der Waals surface area (Å²) in [6.07, 6.45) is 5.76. The van der Waals surface area contributed by atoms with Crippen LogP contribution in [0.5, 0.6) is 0 Å². The van der Waals surface area contributed by atoms with Crippen molar-refractivity contribution in [1.29, 1.82) is 0 Å². The lowest BCUT2D eigenvalue weighted by Gasteiger charge is -2.17. The van der Waals surface area contributed by atoms with Crippen LogP contribution in [0.15, 0.2) is 134 Å². The zero-order valence-electron chi connectivity index (χ0n) is 22.5. The van der Waals surface area contributed by atoms with Crippen LogP contribution in [0, 0.1) is 0 Å². The zero-order chi connectivity index (χ0) is 27.6. The first-order chi connectivity index (χ1) is 20.8. The molecule has 0 saturated heterocycles. The minimum atomic E-state index is 0.889. The van der Waals surface area contributed by atoms with Gasteiger partial charge in [-0.25, -0.2) is 4.98 Å². The third-order valence-electron chi connectivity index (χ3n) is 8.33. The maximum Gasteiger partial charge on any atom is 0.0972 e. The Hall–Kier alpha value is -5.74. The van der Waals surface area contributed by atoms with E-state index in [1.807, 2.05) is 24.7 Å². The van der Waals surface area contributed by atoms with Gasteiger partial charge in [-0.2, -0.15) is 0 Å². The molecule has 4 heteroatoms. The highest BCUT2D eigenvalue weighted by Crippen LogP contribution is 2.42. The molecule has 0 radical (unpaired) electrons. The number of nitrogens with zero attached hydrogens (tertiary/aromatic N) is 4. The number of fused-ring (bicyclic) bond motifs is 9. The fourth-order valence-electron chi connectivity index (χ4n) is 6.42. The van der Waals surface area contributed by atoms with E-state index < -0.39 is 0 Å². The molecule has 0 amide bonds. The van der Waals surface area contributed by atoms with E-state index in [2.05, 4.69) is 109 Å². The molecule has 0 aliphatic carbocycles. The van der Waals surface area contributed by atoms with Crippen molar-refractivity contribution >= 4 is 65.2 Å². The molecule has 194 valence electrons. The third kappa shape index (κ3) is 3.36. The summed E-state index contributed by atoms with van der Waals surface area (Å²) in [6.45, 7) is 0. The predicted octanol–water partition coefficient (Wildman–Crippen LogP) is 9.52. The fourth-order valence-corrected chi connectivity index (χ4v) is 6.42. The van der Waals surface area contributed by atoms with Crippen LogP contribution in [0.3, 0.4) is 0 Å². The molecule has 0 bridgehead atoms. The summed E-state index contributed by atoms with van der Waals surface area (Å²) in [5.41, 5.74) is 7.81. The van der Waals surface area contributed by atoms with Gasteiger partial charge in [0.2, 0.25) is 0 Å². The minimum Gasteiger partial charge on any atom is -0.256 e. The van der Waals surface area contributed by atoms with Gasteiger partial charge in [-0.1, -0.05) is 91.0 Å². The van der Waals surface area contributed by atoms with Crippen LogP contribution in [-0.2, 0) is 0 Å². The molecule has 0 unspecified atom stereocenters. The SMILES string of the molecule is c1ccc2c(c1)cnc1cccc(-c3cc4ccc5cccnc5c4nc3-c3cccc4ncc5ccccc5c34)c12. The topological polar surface area (TPSA) is 51.6 Å². The van der Waals surface area contributed by atoms with Crippen molar-refractivity contribution in [2.45, 2.75) is 0 Å². The van der Waals surface area contributed by atoms with Crippen molar-refractivity contribution < 1.29 is 0 Å². The van der Waals surface area contributed by atoms with E-state index in [1.54, 1.807) is 0 Å². The molecule has 0 fully saturated rings. The van der Waals surface area contributed by atoms with E-state index in [0.717, 1.165) is 82.2 Å². The lowest BCUT2D eigenvalue weighted by molar-refractivity contribution is 1.37. The summed E-state index contributed by atoms with van der Waals surface area (Å²) in [7, 11) is 0. The van der Waals surface area contributed by atoms with Crippen molar-refractivity contribution in [2.75, 3.05) is 0 Å². The molecule has 0 aliphatic rings. The Morgan fingerprint density at radius 1 is 0.405 bits per heavy atom. The third-order valence-corrected chi connectivity index (χ3v) is 8.33. The monoisotopic (exact) mass is 534 g/mol. The molecule has 4 heterocycles. The highest BCUT2D eigenvalue weighted by atomic mass is 14.8. The smallest absolute Gasteiger partial charge is 0.0972 e. The summed E-state index contributed by atoms with van der Waals surface area (Å²) in [5, 5.41) is 8.90. The number of pyridine rings is 4. The average Bonchev–Trinajstić information content (AvgIpc) is 3.07. The van der Waals surface area contributed by atoms with Gasteiger partial charge < -0.3 is 0 Å². The Morgan fingerprint density at radius 2 is 1.02 bits per heavy atom. The van der Waals surface area contributed by atoms with E-state index in [9.17, 15) is 0 Å². The summed E-state index contributed by atoms with van der Waals surface area (Å²) >= 11 is 0. The summed E-state index contributed by atoms with van der Waals surface area (Å²) in [4.78, 5) is 20.0. The van der Waals surface area contributed by atoms with Crippen molar-refractivity contribution in [2.24, 2.45) is 0 Å².